The zero-order valence-electron chi connectivity index (χ0n) is 21.9. The summed E-state index contributed by atoms with van der Waals surface area (Å²) < 4.78 is 8.15. The number of thiocarbonyl (C=S) groups is 1. The van der Waals surface area contributed by atoms with Crippen molar-refractivity contribution >= 4 is 34.6 Å². The Morgan fingerprint density at radius 2 is 1.92 bits per heavy atom. The molecule has 2 aromatic heterocycles. The molecule has 5 rings (SSSR count). The van der Waals surface area contributed by atoms with Gasteiger partial charge in [0.15, 0.2) is 5.11 Å². The van der Waals surface area contributed by atoms with Gasteiger partial charge in [-0.05, 0) is 61.5 Å². The van der Waals surface area contributed by atoms with Crippen molar-refractivity contribution < 1.29 is 9.53 Å². The highest BCUT2D eigenvalue weighted by molar-refractivity contribution is 7.80. The highest BCUT2D eigenvalue weighted by Gasteiger charge is 2.43. The molecule has 1 aliphatic carbocycles. The first-order chi connectivity index (χ1) is 17.8. The Kier molecular flexibility index (Phi) is 6.94. The molecule has 1 saturated carbocycles. The number of hydrogen-bond donors (Lipinski definition) is 2. The Hall–Kier alpha value is -3.39. The van der Waals surface area contributed by atoms with Crippen LogP contribution in [0.15, 0.2) is 60.9 Å². The molecule has 2 atom stereocenters. The van der Waals surface area contributed by atoms with E-state index < -0.39 is 5.41 Å². The molecule has 194 valence electrons. The highest BCUT2D eigenvalue weighted by atomic mass is 32.1. The van der Waals surface area contributed by atoms with Gasteiger partial charge in [-0.1, -0.05) is 39.7 Å². The maximum absolute atomic E-state index is 12.6. The fraction of sp³-hybridized carbons (Fsp3) is 0.414. The molecular formula is C29H35N5O2S. The second kappa shape index (κ2) is 10.2. The van der Waals surface area contributed by atoms with E-state index in [0.717, 1.165) is 11.4 Å². The van der Waals surface area contributed by atoms with Crippen molar-refractivity contribution in [2.45, 2.75) is 64.6 Å². The van der Waals surface area contributed by atoms with Crippen LogP contribution in [0.1, 0.15) is 76.0 Å². The van der Waals surface area contributed by atoms with Gasteiger partial charge in [-0.3, -0.25) is 9.78 Å². The smallest absolute Gasteiger partial charge is 0.229 e. The van der Waals surface area contributed by atoms with Gasteiger partial charge in [0, 0.05) is 41.3 Å². The topological polar surface area (TPSA) is 71.4 Å². The number of carbonyl (C=O) groups excluding carboxylic acids is 1. The predicted molar refractivity (Wildman–Crippen MR) is 151 cm³/mol. The average molecular weight is 518 g/mol. The van der Waals surface area contributed by atoms with Crippen LogP contribution in [0.4, 0.5) is 11.4 Å². The molecule has 2 aliphatic rings. The number of amides is 1. The largest absolute Gasteiger partial charge is 0.494 e. The van der Waals surface area contributed by atoms with Gasteiger partial charge in [-0.25, -0.2) is 0 Å². The number of anilines is 2. The van der Waals surface area contributed by atoms with Gasteiger partial charge in [-0.15, -0.1) is 0 Å². The lowest BCUT2D eigenvalue weighted by atomic mass is 9.95. The third-order valence-electron chi connectivity index (χ3n) is 7.32. The lowest BCUT2D eigenvalue weighted by Gasteiger charge is -2.31. The van der Waals surface area contributed by atoms with Gasteiger partial charge in [0.05, 0.1) is 24.5 Å². The van der Waals surface area contributed by atoms with Crippen molar-refractivity contribution in [1.29, 1.82) is 0 Å². The number of benzene rings is 1. The highest BCUT2D eigenvalue weighted by Crippen LogP contribution is 2.45. The molecule has 3 aromatic rings. The van der Waals surface area contributed by atoms with Gasteiger partial charge in [0.2, 0.25) is 5.91 Å². The van der Waals surface area contributed by atoms with Crippen LogP contribution >= 0.6 is 12.2 Å². The summed E-state index contributed by atoms with van der Waals surface area (Å²) in [6.45, 7) is 5.66. The van der Waals surface area contributed by atoms with Crippen LogP contribution in [0.5, 0.6) is 5.75 Å². The second-order valence-electron chi connectivity index (χ2n) is 10.9. The molecule has 0 unspecified atom stereocenters. The van der Waals surface area contributed by atoms with E-state index >= 15 is 0 Å². The molecule has 0 spiro atoms. The van der Waals surface area contributed by atoms with Gasteiger partial charge in [0.25, 0.3) is 0 Å². The minimum Gasteiger partial charge on any atom is -0.494 e. The Bertz CT molecular complexity index is 1280. The summed E-state index contributed by atoms with van der Waals surface area (Å²) in [6.07, 6.45) is 8.93. The summed E-state index contributed by atoms with van der Waals surface area (Å²) in [5.41, 5.74) is 3.16. The van der Waals surface area contributed by atoms with Crippen LogP contribution in [-0.2, 0) is 4.79 Å². The third-order valence-corrected chi connectivity index (χ3v) is 7.64. The number of carbonyl (C=O) groups is 1. The number of hydrogen-bond acceptors (Lipinski definition) is 4. The Labute approximate surface area is 224 Å². The van der Waals surface area contributed by atoms with Crippen LogP contribution in [0, 0.1) is 5.41 Å². The molecule has 1 aromatic carbocycles. The van der Waals surface area contributed by atoms with E-state index in [1.807, 2.05) is 63.4 Å². The Morgan fingerprint density at radius 1 is 1.14 bits per heavy atom. The molecular weight excluding hydrogens is 482 g/mol. The number of methoxy groups -OCH3 is 1. The number of pyridine rings is 1. The van der Waals surface area contributed by atoms with Crippen LogP contribution in [-0.4, -0.2) is 27.7 Å². The van der Waals surface area contributed by atoms with E-state index in [9.17, 15) is 4.79 Å². The van der Waals surface area contributed by atoms with Crippen molar-refractivity contribution in [3.63, 3.8) is 0 Å². The van der Waals surface area contributed by atoms with Crippen molar-refractivity contribution in [2.75, 3.05) is 17.3 Å². The zero-order chi connectivity index (χ0) is 26.2. The van der Waals surface area contributed by atoms with E-state index in [2.05, 4.69) is 43.4 Å². The van der Waals surface area contributed by atoms with E-state index in [1.54, 1.807) is 7.11 Å². The lowest BCUT2D eigenvalue weighted by molar-refractivity contribution is -0.123. The van der Waals surface area contributed by atoms with Gasteiger partial charge in [-0.2, -0.15) is 0 Å². The fourth-order valence-corrected chi connectivity index (χ4v) is 5.69. The van der Waals surface area contributed by atoms with Gasteiger partial charge < -0.3 is 24.8 Å². The standard InChI is InChI=1S/C29H35N5O2S/c1-29(2,3)27(35)31-21-15-14-20(18-24(21)36-4)34-26(23-13-9-17-33(23)19-10-5-6-11-19)25(32-28(34)37)22-12-7-8-16-30-22/h7-9,12-19,25-26H,5-6,10-11H2,1-4H3,(H,31,35)(H,32,37)/t25-,26-/m0/s1. The first-order valence-corrected chi connectivity index (χ1v) is 13.4. The maximum atomic E-state index is 12.6. The van der Waals surface area contributed by atoms with E-state index in [4.69, 9.17) is 17.0 Å². The minimum absolute atomic E-state index is 0.0700. The zero-order valence-corrected chi connectivity index (χ0v) is 22.7. The molecule has 0 bridgehead atoms. The minimum atomic E-state index is -0.517. The molecule has 37 heavy (non-hydrogen) atoms. The normalized spacial score (nSPS) is 20.2. The third kappa shape index (κ3) is 4.94. The van der Waals surface area contributed by atoms with Crippen LogP contribution in [0.25, 0.3) is 0 Å². The fourth-order valence-electron chi connectivity index (χ4n) is 5.35. The van der Waals surface area contributed by atoms with E-state index in [0.29, 0.717) is 22.6 Å². The number of ether oxygens (including phenoxy) is 1. The van der Waals surface area contributed by atoms with Crippen LogP contribution in [0.3, 0.4) is 0 Å². The number of nitrogens with zero attached hydrogens (tertiary/aromatic N) is 3. The molecule has 3 heterocycles. The lowest BCUT2D eigenvalue weighted by Crippen LogP contribution is -2.31. The summed E-state index contributed by atoms with van der Waals surface area (Å²) in [4.78, 5) is 19.5. The average Bonchev–Trinajstić information content (AvgIpc) is 3.64. The maximum Gasteiger partial charge on any atom is 0.229 e. The summed E-state index contributed by atoms with van der Waals surface area (Å²) in [5, 5.41) is 7.19. The quantitative estimate of drug-likeness (QED) is 0.381. The van der Waals surface area contributed by atoms with Crippen molar-refractivity contribution in [2.24, 2.45) is 5.41 Å². The van der Waals surface area contributed by atoms with Gasteiger partial charge >= 0.3 is 0 Å². The molecule has 7 nitrogen and oxygen atoms in total. The van der Waals surface area contributed by atoms with Crippen molar-refractivity contribution in [1.82, 2.24) is 14.9 Å². The number of nitrogens with one attached hydrogen (secondary N) is 2. The summed E-state index contributed by atoms with van der Waals surface area (Å²) in [6, 6.07) is 16.4. The van der Waals surface area contributed by atoms with Crippen molar-refractivity contribution in [3.8, 4) is 5.75 Å². The Morgan fingerprint density at radius 3 is 2.59 bits per heavy atom. The number of rotatable bonds is 6. The SMILES string of the molecule is COc1cc(N2C(=S)N[C@@H](c3ccccn3)[C@@H]2c2cccn2C2CCCC2)ccc1NC(=O)C(C)(C)C. The molecule has 1 saturated heterocycles. The van der Waals surface area contributed by atoms with E-state index in [1.165, 1.54) is 31.4 Å². The summed E-state index contributed by atoms with van der Waals surface area (Å²) in [7, 11) is 1.62. The first-order valence-electron chi connectivity index (χ1n) is 12.9. The summed E-state index contributed by atoms with van der Waals surface area (Å²) >= 11 is 5.93. The predicted octanol–water partition coefficient (Wildman–Crippen LogP) is 6.17. The molecule has 8 heteroatoms. The first kappa shape index (κ1) is 25.3. The molecule has 1 amide bonds. The Balaban J connectivity index is 1.57. The second-order valence-corrected chi connectivity index (χ2v) is 11.3. The molecule has 1 aliphatic heterocycles. The van der Waals surface area contributed by atoms with E-state index in [-0.39, 0.29) is 18.0 Å². The molecule has 0 radical (unpaired) electrons. The summed E-state index contributed by atoms with van der Waals surface area (Å²) in [5.74, 6) is 0.517. The van der Waals surface area contributed by atoms with Crippen molar-refractivity contribution in [3.05, 3.63) is 72.3 Å². The number of aromatic nitrogens is 2. The monoisotopic (exact) mass is 517 g/mol. The van der Waals surface area contributed by atoms with Crippen LogP contribution in [0.2, 0.25) is 0 Å². The van der Waals surface area contributed by atoms with Crippen LogP contribution < -0.4 is 20.3 Å². The molecule has 2 fully saturated rings. The molecule has 2 N–H and O–H groups in total. The van der Waals surface area contributed by atoms with Gasteiger partial charge in [0.1, 0.15) is 11.8 Å².